The van der Waals surface area contributed by atoms with E-state index in [1.54, 1.807) is 0 Å². The molecule has 2 saturated heterocycles. The Balaban J connectivity index is 0.00000225. The summed E-state index contributed by atoms with van der Waals surface area (Å²) < 4.78 is 40.4. The smallest absolute Gasteiger partial charge is 0.240 e. The monoisotopic (exact) mass is 391 g/mol. The van der Waals surface area contributed by atoms with E-state index in [1.807, 2.05) is 0 Å². The molecule has 0 spiro atoms. The third kappa shape index (κ3) is 5.37. The Morgan fingerprint density at radius 1 is 1.28 bits per heavy atom. The first-order valence-electron chi connectivity index (χ1n) is 8.57. The molecule has 1 aromatic carbocycles. The molecule has 2 aliphatic rings. The molecule has 142 valence electrons. The topological polar surface area (TPSA) is 61.4 Å². The summed E-state index contributed by atoms with van der Waals surface area (Å²) in [5.41, 5.74) is 0.334. The van der Waals surface area contributed by atoms with Gasteiger partial charge < -0.3 is 10.2 Å². The maximum atomic E-state index is 12.9. The third-order valence-electron chi connectivity index (χ3n) is 5.10. The molecule has 0 aliphatic carbocycles. The summed E-state index contributed by atoms with van der Waals surface area (Å²) in [5, 5.41) is 3.42. The molecule has 1 unspecified atom stereocenters. The summed E-state index contributed by atoms with van der Waals surface area (Å²) in [6.45, 7) is 7.35. The van der Waals surface area contributed by atoms with Gasteiger partial charge in [-0.1, -0.05) is 6.92 Å². The Morgan fingerprint density at radius 2 is 1.92 bits per heavy atom. The van der Waals surface area contributed by atoms with Crippen LogP contribution in [0.3, 0.4) is 0 Å². The Labute approximate surface area is 155 Å². The van der Waals surface area contributed by atoms with Crippen molar-refractivity contribution in [3.63, 3.8) is 0 Å². The number of hydrogen-bond acceptors (Lipinski definition) is 4. The number of nitrogens with zero attached hydrogens (tertiary/aromatic N) is 1. The highest BCUT2D eigenvalue weighted by Gasteiger charge is 2.32. The van der Waals surface area contributed by atoms with Crippen LogP contribution in [0.4, 0.5) is 4.39 Å². The number of hydrogen-bond donors (Lipinski definition) is 2. The van der Waals surface area contributed by atoms with Crippen molar-refractivity contribution in [3.05, 3.63) is 30.1 Å². The Bertz CT molecular complexity index is 655. The van der Waals surface area contributed by atoms with Crippen LogP contribution in [0.1, 0.15) is 26.2 Å². The molecule has 2 N–H and O–H groups in total. The average molecular weight is 392 g/mol. The second-order valence-electron chi connectivity index (χ2n) is 7.36. The van der Waals surface area contributed by atoms with Crippen LogP contribution in [0, 0.1) is 11.2 Å². The van der Waals surface area contributed by atoms with Crippen molar-refractivity contribution in [2.24, 2.45) is 5.41 Å². The summed E-state index contributed by atoms with van der Waals surface area (Å²) in [4.78, 5) is 2.56. The van der Waals surface area contributed by atoms with Crippen molar-refractivity contribution in [3.8, 4) is 0 Å². The van der Waals surface area contributed by atoms with Gasteiger partial charge in [-0.3, -0.25) is 0 Å². The van der Waals surface area contributed by atoms with Gasteiger partial charge in [-0.15, -0.1) is 12.4 Å². The molecule has 0 amide bonds. The molecular weight excluding hydrogens is 365 g/mol. The van der Waals surface area contributed by atoms with E-state index in [0.717, 1.165) is 45.6 Å². The highest BCUT2D eigenvalue weighted by molar-refractivity contribution is 7.89. The van der Waals surface area contributed by atoms with Crippen molar-refractivity contribution in [2.45, 2.75) is 37.1 Å². The first kappa shape index (κ1) is 20.6. The number of nitrogens with one attached hydrogen (secondary N) is 2. The summed E-state index contributed by atoms with van der Waals surface area (Å²) in [6.07, 6.45) is 2.82. The Hall–Kier alpha value is -0.730. The van der Waals surface area contributed by atoms with E-state index >= 15 is 0 Å². The average Bonchev–Trinajstić information content (AvgIpc) is 2.96. The van der Waals surface area contributed by atoms with Gasteiger partial charge in [-0.2, -0.15) is 0 Å². The minimum Gasteiger partial charge on any atom is -0.316 e. The quantitative estimate of drug-likeness (QED) is 0.805. The van der Waals surface area contributed by atoms with E-state index in [9.17, 15) is 12.8 Å². The number of rotatable bonds is 5. The molecule has 2 aliphatic heterocycles. The van der Waals surface area contributed by atoms with Gasteiger partial charge in [-0.05, 0) is 68.6 Å². The van der Waals surface area contributed by atoms with E-state index in [2.05, 4.69) is 21.9 Å². The van der Waals surface area contributed by atoms with E-state index in [0.29, 0.717) is 5.41 Å². The normalized spacial score (nSPS) is 25.7. The fourth-order valence-electron chi connectivity index (χ4n) is 3.65. The largest absolute Gasteiger partial charge is 0.316 e. The summed E-state index contributed by atoms with van der Waals surface area (Å²) in [7, 11) is -3.57. The van der Waals surface area contributed by atoms with Crippen LogP contribution in [0.2, 0.25) is 0 Å². The second-order valence-corrected chi connectivity index (χ2v) is 9.08. The molecule has 0 radical (unpaired) electrons. The predicted molar refractivity (Wildman–Crippen MR) is 99.0 cm³/mol. The van der Waals surface area contributed by atoms with Gasteiger partial charge in [0.25, 0.3) is 0 Å². The molecule has 5 nitrogen and oxygen atoms in total. The molecule has 3 rings (SSSR count). The standard InChI is InChI=1S/C17H26FN3O2S.ClH/c1-17(8-9-19-12-17)13-21-10-6-15(7-11-21)20-24(22,23)16-4-2-14(18)3-5-16;/h2-5,15,19-20H,6-13H2,1H3;1H. The molecule has 0 saturated carbocycles. The molecule has 25 heavy (non-hydrogen) atoms. The van der Waals surface area contributed by atoms with Crippen LogP contribution < -0.4 is 10.0 Å². The molecular formula is C17H27ClFN3O2S. The Morgan fingerprint density at radius 3 is 2.48 bits per heavy atom. The van der Waals surface area contributed by atoms with Crippen LogP contribution in [-0.4, -0.2) is 52.1 Å². The highest BCUT2D eigenvalue weighted by atomic mass is 35.5. The maximum Gasteiger partial charge on any atom is 0.240 e. The summed E-state index contributed by atoms with van der Waals surface area (Å²) in [6, 6.07) is 4.91. The first-order chi connectivity index (χ1) is 11.4. The van der Waals surface area contributed by atoms with Gasteiger partial charge in [0, 0.05) is 19.1 Å². The number of sulfonamides is 1. The van der Waals surface area contributed by atoms with Crippen molar-refractivity contribution in [1.82, 2.24) is 14.9 Å². The Kier molecular flexibility index (Phi) is 6.84. The zero-order valence-corrected chi connectivity index (χ0v) is 16.1. The van der Waals surface area contributed by atoms with Crippen molar-refractivity contribution in [1.29, 1.82) is 0 Å². The number of halogens is 2. The van der Waals surface area contributed by atoms with E-state index in [-0.39, 0.29) is 23.3 Å². The molecule has 2 heterocycles. The minimum atomic E-state index is -3.57. The maximum absolute atomic E-state index is 12.9. The van der Waals surface area contributed by atoms with Crippen LogP contribution in [-0.2, 0) is 10.0 Å². The van der Waals surface area contributed by atoms with Gasteiger partial charge in [0.2, 0.25) is 10.0 Å². The molecule has 8 heteroatoms. The minimum absolute atomic E-state index is 0. The highest BCUT2D eigenvalue weighted by Crippen LogP contribution is 2.27. The van der Waals surface area contributed by atoms with Gasteiger partial charge >= 0.3 is 0 Å². The second kappa shape index (κ2) is 8.31. The van der Waals surface area contributed by atoms with Crippen LogP contribution >= 0.6 is 12.4 Å². The van der Waals surface area contributed by atoms with E-state index in [4.69, 9.17) is 0 Å². The molecule has 0 bridgehead atoms. The van der Waals surface area contributed by atoms with Gasteiger partial charge in [0.15, 0.2) is 0 Å². The van der Waals surface area contributed by atoms with Gasteiger partial charge in [-0.25, -0.2) is 17.5 Å². The first-order valence-corrected chi connectivity index (χ1v) is 10.1. The number of benzene rings is 1. The van der Waals surface area contributed by atoms with E-state index < -0.39 is 15.8 Å². The SMILES string of the molecule is CC1(CN2CCC(NS(=O)(=O)c3ccc(F)cc3)CC2)CCNC1.Cl. The van der Waals surface area contributed by atoms with Crippen LogP contribution in [0.15, 0.2) is 29.2 Å². The third-order valence-corrected chi connectivity index (χ3v) is 6.63. The van der Waals surface area contributed by atoms with Crippen molar-refractivity contribution in [2.75, 3.05) is 32.7 Å². The van der Waals surface area contributed by atoms with Crippen LogP contribution in [0.5, 0.6) is 0 Å². The fourth-order valence-corrected chi connectivity index (χ4v) is 4.96. The lowest BCUT2D eigenvalue weighted by molar-refractivity contribution is 0.142. The lowest BCUT2D eigenvalue weighted by Gasteiger charge is -2.37. The zero-order valence-electron chi connectivity index (χ0n) is 14.5. The lowest BCUT2D eigenvalue weighted by Crippen LogP contribution is -2.47. The molecule has 2 fully saturated rings. The molecule has 1 atom stereocenters. The molecule has 1 aromatic rings. The van der Waals surface area contributed by atoms with Crippen molar-refractivity contribution >= 4 is 22.4 Å². The number of piperidine rings is 1. The van der Waals surface area contributed by atoms with Crippen molar-refractivity contribution < 1.29 is 12.8 Å². The van der Waals surface area contributed by atoms with Gasteiger partial charge in [0.05, 0.1) is 4.90 Å². The van der Waals surface area contributed by atoms with Gasteiger partial charge in [0.1, 0.15) is 5.82 Å². The zero-order chi connectivity index (χ0) is 17.2. The predicted octanol–water partition coefficient (Wildman–Crippen LogP) is 1.99. The number of likely N-dealkylation sites (tertiary alicyclic amines) is 1. The fraction of sp³-hybridized carbons (Fsp3) is 0.647. The lowest BCUT2D eigenvalue weighted by atomic mass is 9.88. The van der Waals surface area contributed by atoms with E-state index in [1.165, 1.54) is 30.7 Å². The van der Waals surface area contributed by atoms with Crippen LogP contribution in [0.25, 0.3) is 0 Å². The summed E-state index contributed by atoms with van der Waals surface area (Å²) >= 11 is 0. The molecule has 0 aromatic heterocycles. The summed E-state index contributed by atoms with van der Waals surface area (Å²) in [5.74, 6) is -0.433.